The second-order valence-corrected chi connectivity index (χ2v) is 11.7. The highest BCUT2D eigenvalue weighted by Crippen LogP contribution is 2.38. The Morgan fingerprint density at radius 1 is 1.26 bits per heavy atom. The van der Waals surface area contributed by atoms with E-state index in [4.69, 9.17) is 4.43 Å². The first kappa shape index (κ1) is 16.7. The molecule has 0 aromatic carbocycles. The van der Waals surface area contributed by atoms with Crippen LogP contribution in [-0.4, -0.2) is 19.9 Å². The molecule has 1 rings (SSSR count). The summed E-state index contributed by atoms with van der Waals surface area (Å²) >= 11 is 3.10. The van der Waals surface area contributed by atoms with Crippen molar-refractivity contribution in [1.29, 1.82) is 0 Å². The summed E-state index contributed by atoms with van der Waals surface area (Å²) in [6.45, 7) is 9.36. The normalized spacial score (nSPS) is 13.7. The summed E-state index contributed by atoms with van der Waals surface area (Å²) in [4.78, 5) is 3.81. The fraction of sp³-hybridized carbons (Fsp3) is 0.615. The molecule has 6 heteroatoms. The van der Waals surface area contributed by atoms with Crippen molar-refractivity contribution >= 4 is 24.2 Å². The molecular formula is C13H20BrF2NOSi. The molecule has 0 saturated heterocycles. The number of hydrogen-bond donors (Lipinski definition) is 0. The van der Waals surface area contributed by atoms with Crippen LogP contribution in [0.3, 0.4) is 0 Å². The van der Waals surface area contributed by atoms with E-state index in [1.807, 2.05) is 33.9 Å². The smallest absolute Gasteiger partial charge is 0.311 e. The lowest BCUT2D eigenvalue weighted by Gasteiger charge is -2.37. The van der Waals surface area contributed by atoms with Gasteiger partial charge in [-0.1, -0.05) is 26.8 Å². The Morgan fingerprint density at radius 2 is 1.84 bits per heavy atom. The van der Waals surface area contributed by atoms with Gasteiger partial charge in [-0.15, -0.1) is 0 Å². The summed E-state index contributed by atoms with van der Waals surface area (Å²) in [7, 11) is -2.18. The number of aromatic nitrogens is 1. The highest BCUT2D eigenvalue weighted by atomic mass is 79.9. The third-order valence-corrected chi connectivity index (χ3v) is 8.43. The van der Waals surface area contributed by atoms with E-state index < -0.39 is 20.8 Å². The van der Waals surface area contributed by atoms with E-state index in [1.165, 1.54) is 6.07 Å². The third kappa shape index (κ3) is 4.32. The first-order chi connectivity index (χ1) is 8.46. The van der Waals surface area contributed by atoms with Crippen LogP contribution in [0.5, 0.6) is 0 Å². The fourth-order valence-corrected chi connectivity index (χ4v) is 2.49. The van der Waals surface area contributed by atoms with Gasteiger partial charge in [-0.3, -0.25) is 0 Å². The molecule has 1 aromatic rings. The van der Waals surface area contributed by atoms with Gasteiger partial charge < -0.3 is 4.43 Å². The standard InChI is InChI=1S/C13H20BrF2NOSi/c1-12(2,3)19(4,5)18-9-13(15,16)10-7-6-8-11(14)17-10/h6-8H,9H2,1-5H3. The zero-order valence-electron chi connectivity index (χ0n) is 11.9. The van der Waals surface area contributed by atoms with Crippen molar-refractivity contribution in [3.63, 3.8) is 0 Å². The van der Waals surface area contributed by atoms with Crippen LogP contribution in [-0.2, 0) is 10.3 Å². The van der Waals surface area contributed by atoms with Crippen LogP contribution in [0.15, 0.2) is 22.8 Å². The van der Waals surface area contributed by atoms with Crippen LogP contribution >= 0.6 is 15.9 Å². The predicted molar refractivity (Wildman–Crippen MR) is 79.0 cm³/mol. The molecule has 0 aliphatic rings. The van der Waals surface area contributed by atoms with E-state index >= 15 is 0 Å². The summed E-state index contributed by atoms with van der Waals surface area (Å²) in [6.07, 6.45) is 0. The van der Waals surface area contributed by atoms with Crippen molar-refractivity contribution in [2.75, 3.05) is 6.61 Å². The SMILES string of the molecule is CC(C)(C)[Si](C)(C)OCC(F)(F)c1cccc(Br)n1. The summed E-state index contributed by atoms with van der Waals surface area (Å²) in [6, 6.07) is 4.49. The monoisotopic (exact) mass is 351 g/mol. The Hall–Kier alpha value is -0.333. The lowest BCUT2D eigenvalue weighted by Crippen LogP contribution is -2.43. The van der Waals surface area contributed by atoms with E-state index in [-0.39, 0.29) is 10.7 Å². The molecular weight excluding hydrogens is 332 g/mol. The van der Waals surface area contributed by atoms with Crippen molar-refractivity contribution < 1.29 is 13.2 Å². The summed E-state index contributed by atoms with van der Waals surface area (Å²) in [5.41, 5.74) is -0.263. The van der Waals surface area contributed by atoms with Gasteiger partial charge in [0.1, 0.15) is 16.9 Å². The number of nitrogens with zero attached hydrogens (tertiary/aromatic N) is 1. The van der Waals surface area contributed by atoms with Crippen molar-refractivity contribution in [3.8, 4) is 0 Å². The Labute approximate surface area is 122 Å². The number of pyridine rings is 1. The molecule has 0 aliphatic carbocycles. The first-order valence-corrected chi connectivity index (χ1v) is 9.81. The van der Waals surface area contributed by atoms with Crippen LogP contribution < -0.4 is 0 Å². The summed E-state index contributed by atoms with van der Waals surface area (Å²) in [5.74, 6) is -3.07. The van der Waals surface area contributed by atoms with Crippen LogP contribution in [0.4, 0.5) is 8.78 Å². The highest BCUT2D eigenvalue weighted by Gasteiger charge is 2.42. The van der Waals surface area contributed by atoms with Gasteiger partial charge in [0.05, 0.1) is 0 Å². The minimum Gasteiger partial charge on any atom is -0.410 e. The molecule has 0 saturated carbocycles. The van der Waals surface area contributed by atoms with Crippen molar-refractivity contribution in [3.05, 3.63) is 28.5 Å². The molecule has 2 nitrogen and oxygen atoms in total. The number of alkyl halides is 2. The Balaban J connectivity index is 2.82. The quantitative estimate of drug-likeness (QED) is 0.565. The van der Waals surface area contributed by atoms with Gasteiger partial charge in [-0.25, -0.2) is 4.98 Å². The van der Waals surface area contributed by atoms with E-state index in [2.05, 4.69) is 20.9 Å². The Bertz CT molecular complexity index is 447. The zero-order chi connectivity index (χ0) is 14.9. The molecule has 0 atom stereocenters. The van der Waals surface area contributed by atoms with Gasteiger partial charge in [-0.05, 0) is 46.2 Å². The van der Waals surface area contributed by atoms with Crippen LogP contribution in [0.25, 0.3) is 0 Å². The molecule has 0 unspecified atom stereocenters. The van der Waals surface area contributed by atoms with Crippen molar-refractivity contribution in [2.45, 2.75) is 44.8 Å². The van der Waals surface area contributed by atoms with Gasteiger partial charge in [0, 0.05) is 0 Å². The van der Waals surface area contributed by atoms with Crippen molar-refractivity contribution in [1.82, 2.24) is 4.98 Å². The Kier molecular flexibility index (Phi) is 4.91. The lowest BCUT2D eigenvalue weighted by molar-refractivity contribution is -0.0546. The maximum absolute atomic E-state index is 14.1. The van der Waals surface area contributed by atoms with Gasteiger partial charge in [-0.2, -0.15) is 8.78 Å². The first-order valence-electron chi connectivity index (χ1n) is 6.10. The molecule has 19 heavy (non-hydrogen) atoms. The van der Waals surface area contributed by atoms with Crippen molar-refractivity contribution in [2.24, 2.45) is 0 Å². The summed E-state index contributed by atoms with van der Waals surface area (Å²) in [5, 5.41) is -0.0895. The second-order valence-electron chi connectivity index (χ2n) is 6.10. The maximum Gasteiger partial charge on any atom is 0.311 e. The minimum absolute atomic E-state index is 0.0895. The number of rotatable bonds is 4. The van der Waals surface area contributed by atoms with E-state index in [0.29, 0.717) is 4.60 Å². The maximum atomic E-state index is 14.1. The average Bonchev–Trinajstić information content (AvgIpc) is 2.25. The van der Waals surface area contributed by atoms with E-state index in [1.54, 1.807) is 12.1 Å². The van der Waals surface area contributed by atoms with E-state index in [0.717, 1.165) is 0 Å². The van der Waals surface area contributed by atoms with Crippen LogP contribution in [0.2, 0.25) is 18.1 Å². The summed E-state index contributed by atoms with van der Waals surface area (Å²) < 4.78 is 34.1. The molecule has 0 bridgehead atoms. The Morgan fingerprint density at radius 3 is 2.32 bits per heavy atom. The second kappa shape index (κ2) is 5.58. The van der Waals surface area contributed by atoms with Gasteiger partial charge in [0.25, 0.3) is 0 Å². The number of halogens is 3. The van der Waals surface area contributed by atoms with Gasteiger partial charge >= 0.3 is 5.92 Å². The zero-order valence-corrected chi connectivity index (χ0v) is 14.5. The fourth-order valence-electron chi connectivity index (χ4n) is 1.17. The third-order valence-electron chi connectivity index (χ3n) is 3.51. The van der Waals surface area contributed by atoms with Crippen LogP contribution in [0.1, 0.15) is 26.5 Å². The van der Waals surface area contributed by atoms with Gasteiger partial charge in [0.2, 0.25) is 0 Å². The molecule has 1 aromatic heterocycles. The lowest BCUT2D eigenvalue weighted by atomic mass is 10.2. The van der Waals surface area contributed by atoms with Crippen LogP contribution in [0, 0.1) is 0 Å². The molecule has 108 valence electrons. The molecule has 0 N–H and O–H groups in total. The van der Waals surface area contributed by atoms with Gasteiger partial charge in [0.15, 0.2) is 8.32 Å². The minimum atomic E-state index is -3.07. The molecule has 0 aliphatic heterocycles. The molecule has 1 heterocycles. The largest absolute Gasteiger partial charge is 0.410 e. The molecule has 0 amide bonds. The topological polar surface area (TPSA) is 22.1 Å². The predicted octanol–water partition coefficient (Wildman–Crippen LogP) is 4.96. The average molecular weight is 352 g/mol. The molecule has 0 radical (unpaired) electrons. The van der Waals surface area contributed by atoms with E-state index in [9.17, 15) is 8.78 Å². The molecule has 0 fully saturated rings. The molecule has 0 spiro atoms. The number of hydrogen-bond acceptors (Lipinski definition) is 2. The highest BCUT2D eigenvalue weighted by molar-refractivity contribution is 9.10.